The zero-order valence-electron chi connectivity index (χ0n) is 19.1. The number of rotatable bonds is 6. The van der Waals surface area contributed by atoms with Crippen molar-refractivity contribution in [2.75, 3.05) is 20.2 Å². The van der Waals surface area contributed by atoms with Gasteiger partial charge < -0.3 is 19.4 Å². The molecule has 1 atom stereocenters. The fraction of sp³-hybridized carbons (Fsp3) is 0.440. The number of carbonyl (C=O) groups is 1. The Morgan fingerprint density at radius 2 is 2.03 bits per heavy atom. The van der Waals surface area contributed by atoms with Crippen LogP contribution in [0.3, 0.4) is 0 Å². The molecule has 1 N–H and O–H groups in total. The Labute approximate surface area is 198 Å². The molecule has 174 valence electrons. The van der Waals surface area contributed by atoms with Gasteiger partial charge in [0.05, 0.1) is 13.7 Å². The summed E-state index contributed by atoms with van der Waals surface area (Å²) < 4.78 is 13.8. The zero-order valence-corrected chi connectivity index (χ0v) is 19.9. The number of aryl methyl sites for hydroxylation is 1. The lowest BCUT2D eigenvalue weighted by Crippen LogP contribution is -2.53. The maximum absolute atomic E-state index is 13.1. The minimum Gasteiger partial charge on any atom is -0.497 e. The van der Waals surface area contributed by atoms with Crippen LogP contribution in [0.15, 0.2) is 48.8 Å². The SMILES string of the molecule is COc1ccc(CNC(=O)[C@@H]2Cn3ccnc3C3(CCN(Cc4ccc(C)s4)CC3)O2)cc1. The average Bonchev–Trinajstić information content (AvgIpc) is 3.48. The fourth-order valence-corrected chi connectivity index (χ4v) is 5.72. The number of nitrogens with zero attached hydrogens (tertiary/aromatic N) is 3. The molecule has 3 aromatic rings. The first kappa shape index (κ1) is 22.1. The highest BCUT2D eigenvalue weighted by atomic mass is 32.1. The molecule has 0 bridgehead atoms. The second-order valence-corrected chi connectivity index (χ2v) is 10.2. The number of benzene rings is 1. The Hall–Kier alpha value is -2.68. The summed E-state index contributed by atoms with van der Waals surface area (Å²) in [4.78, 5) is 22.9. The summed E-state index contributed by atoms with van der Waals surface area (Å²) in [6.45, 7) is 5.90. The van der Waals surface area contributed by atoms with Crippen LogP contribution in [0.2, 0.25) is 0 Å². The van der Waals surface area contributed by atoms with E-state index in [0.29, 0.717) is 13.1 Å². The number of imidazole rings is 1. The smallest absolute Gasteiger partial charge is 0.251 e. The maximum Gasteiger partial charge on any atom is 0.251 e. The van der Waals surface area contributed by atoms with E-state index < -0.39 is 11.7 Å². The molecule has 0 unspecified atom stereocenters. The van der Waals surface area contributed by atoms with Crippen LogP contribution in [-0.2, 0) is 34.8 Å². The van der Waals surface area contributed by atoms with Crippen LogP contribution in [0, 0.1) is 6.92 Å². The molecule has 4 heterocycles. The number of amides is 1. The normalized spacial score (nSPS) is 19.9. The molecule has 2 aliphatic heterocycles. The first-order chi connectivity index (χ1) is 16.0. The van der Waals surface area contributed by atoms with Crippen molar-refractivity contribution in [3.63, 3.8) is 0 Å². The highest BCUT2D eigenvalue weighted by Crippen LogP contribution is 2.40. The predicted molar refractivity (Wildman–Crippen MR) is 127 cm³/mol. The zero-order chi connectivity index (χ0) is 22.8. The fourth-order valence-electron chi connectivity index (χ4n) is 4.78. The summed E-state index contributed by atoms with van der Waals surface area (Å²) in [7, 11) is 1.64. The van der Waals surface area contributed by atoms with Gasteiger partial charge in [0.2, 0.25) is 0 Å². The van der Waals surface area contributed by atoms with Gasteiger partial charge in [0.25, 0.3) is 5.91 Å². The molecular formula is C25H30N4O3S. The third kappa shape index (κ3) is 4.69. The number of methoxy groups -OCH3 is 1. The van der Waals surface area contributed by atoms with Crippen LogP contribution in [0.5, 0.6) is 5.75 Å². The van der Waals surface area contributed by atoms with Crippen molar-refractivity contribution < 1.29 is 14.3 Å². The summed E-state index contributed by atoms with van der Waals surface area (Å²) in [6.07, 6.45) is 4.91. The Morgan fingerprint density at radius 3 is 2.73 bits per heavy atom. The molecule has 7 nitrogen and oxygen atoms in total. The Kier molecular flexibility index (Phi) is 6.23. The van der Waals surface area contributed by atoms with Crippen molar-refractivity contribution >= 4 is 17.2 Å². The second kappa shape index (κ2) is 9.29. The third-order valence-corrected chi connectivity index (χ3v) is 7.60. The number of likely N-dealkylation sites (tertiary alicyclic amines) is 1. The lowest BCUT2D eigenvalue weighted by atomic mass is 9.88. The van der Waals surface area contributed by atoms with E-state index in [1.54, 1.807) is 7.11 Å². The monoisotopic (exact) mass is 466 g/mol. The molecule has 0 saturated carbocycles. The molecule has 1 aromatic carbocycles. The molecule has 8 heteroatoms. The molecule has 2 aliphatic rings. The third-order valence-electron chi connectivity index (χ3n) is 6.61. The molecule has 1 fully saturated rings. The van der Waals surface area contributed by atoms with E-state index in [4.69, 9.17) is 9.47 Å². The van der Waals surface area contributed by atoms with Crippen molar-refractivity contribution in [1.29, 1.82) is 0 Å². The van der Waals surface area contributed by atoms with Crippen molar-refractivity contribution in [3.8, 4) is 5.75 Å². The van der Waals surface area contributed by atoms with Gasteiger partial charge in [0.15, 0.2) is 6.10 Å². The lowest BCUT2D eigenvalue weighted by molar-refractivity contribution is -0.174. The van der Waals surface area contributed by atoms with Gasteiger partial charge in [-0.15, -0.1) is 11.3 Å². The second-order valence-electron chi connectivity index (χ2n) is 8.86. The molecular weight excluding hydrogens is 436 g/mol. The number of ether oxygens (including phenoxy) is 2. The van der Waals surface area contributed by atoms with Crippen LogP contribution in [-0.4, -0.2) is 46.7 Å². The van der Waals surface area contributed by atoms with E-state index >= 15 is 0 Å². The minimum absolute atomic E-state index is 0.0824. The van der Waals surface area contributed by atoms with E-state index in [0.717, 1.165) is 49.6 Å². The summed E-state index contributed by atoms with van der Waals surface area (Å²) in [5.41, 5.74) is 0.515. The van der Waals surface area contributed by atoms with Gasteiger partial charge in [0.1, 0.15) is 17.2 Å². The average molecular weight is 467 g/mol. The van der Waals surface area contributed by atoms with Crippen LogP contribution in [0.1, 0.15) is 34.0 Å². The van der Waals surface area contributed by atoms with Crippen LogP contribution in [0.25, 0.3) is 0 Å². The number of nitrogens with one attached hydrogen (secondary N) is 1. The summed E-state index contributed by atoms with van der Waals surface area (Å²) in [5.74, 6) is 1.67. The standard InChI is InChI=1S/C25H30N4O3S/c1-18-3-8-21(33-18)16-28-12-9-25(10-13-28)24-26-11-14-29(24)17-22(32-25)23(30)27-15-19-4-6-20(31-2)7-5-19/h3-8,11,14,22H,9-10,12-13,15-17H2,1-2H3,(H,27,30)/t22-/m0/s1. The van der Waals surface area contributed by atoms with Gasteiger partial charge in [0, 0.05) is 48.3 Å². The van der Waals surface area contributed by atoms with E-state index in [2.05, 4.69) is 38.8 Å². The predicted octanol–water partition coefficient (Wildman–Crippen LogP) is 3.47. The van der Waals surface area contributed by atoms with E-state index in [1.165, 1.54) is 9.75 Å². The van der Waals surface area contributed by atoms with Crippen LogP contribution >= 0.6 is 11.3 Å². The van der Waals surface area contributed by atoms with Gasteiger partial charge >= 0.3 is 0 Å². The molecule has 33 heavy (non-hydrogen) atoms. The summed E-state index contributed by atoms with van der Waals surface area (Å²) in [6, 6.07) is 12.1. The van der Waals surface area contributed by atoms with Crippen LogP contribution in [0.4, 0.5) is 0 Å². The van der Waals surface area contributed by atoms with Crippen molar-refractivity contribution in [2.24, 2.45) is 0 Å². The maximum atomic E-state index is 13.1. The molecule has 0 aliphatic carbocycles. The van der Waals surface area contributed by atoms with Crippen molar-refractivity contribution in [1.82, 2.24) is 19.8 Å². The largest absolute Gasteiger partial charge is 0.497 e. The van der Waals surface area contributed by atoms with E-state index in [1.807, 2.05) is 48.0 Å². The number of aromatic nitrogens is 2. The van der Waals surface area contributed by atoms with E-state index in [-0.39, 0.29) is 5.91 Å². The number of piperidine rings is 1. The summed E-state index contributed by atoms with van der Waals surface area (Å²) in [5, 5.41) is 3.05. The highest BCUT2D eigenvalue weighted by Gasteiger charge is 2.47. The Bertz CT molecular complexity index is 1100. The lowest BCUT2D eigenvalue weighted by Gasteiger charge is -2.45. The van der Waals surface area contributed by atoms with Crippen molar-refractivity contribution in [3.05, 3.63) is 69.9 Å². The molecule has 2 aromatic heterocycles. The minimum atomic E-state index is -0.531. The van der Waals surface area contributed by atoms with Gasteiger partial charge in [-0.1, -0.05) is 12.1 Å². The first-order valence-corrected chi connectivity index (χ1v) is 12.2. The van der Waals surface area contributed by atoms with Gasteiger partial charge in [-0.2, -0.15) is 0 Å². The Balaban J connectivity index is 1.24. The number of fused-ring (bicyclic) bond motifs is 2. The Morgan fingerprint density at radius 1 is 1.24 bits per heavy atom. The molecule has 1 saturated heterocycles. The number of hydrogen-bond donors (Lipinski definition) is 1. The van der Waals surface area contributed by atoms with Crippen LogP contribution < -0.4 is 10.1 Å². The molecule has 0 radical (unpaired) electrons. The molecule has 5 rings (SSSR count). The van der Waals surface area contributed by atoms with Gasteiger partial charge in [-0.3, -0.25) is 9.69 Å². The quantitative estimate of drug-likeness (QED) is 0.603. The van der Waals surface area contributed by atoms with Gasteiger partial charge in [-0.05, 0) is 49.6 Å². The summed E-state index contributed by atoms with van der Waals surface area (Å²) >= 11 is 1.86. The number of hydrogen-bond acceptors (Lipinski definition) is 6. The molecule has 1 spiro atoms. The van der Waals surface area contributed by atoms with E-state index in [9.17, 15) is 4.79 Å². The molecule has 1 amide bonds. The van der Waals surface area contributed by atoms with Crippen molar-refractivity contribution in [2.45, 2.75) is 51.1 Å². The first-order valence-electron chi connectivity index (χ1n) is 11.4. The highest BCUT2D eigenvalue weighted by molar-refractivity contribution is 7.11. The number of carbonyl (C=O) groups excluding carboxylic acids is 1. The number of thiophene rings is 1. The topological polar surface area (TPSA) is 68.6 Å². The van der Waals surface area contributed by atoms with Gasteiger partial charge in [-0.25, -0.2) is 4.98 Å².